The van der Waals surface area contributed by atoms with E-state index in [1.807, 2.05) is 20.0 Å². The summed E-state index contributed by atoms with van der Waals surface area (Å²) in [5, 5.41) is 6.56. The molecule has 0 unspecified atom stereocenters. The van der Waals surface area contributed by atoms with Gasteiger partial charge >= 0.3 is 0 Å². The molecular weight excluding hydrogens is 232 g/mol. The van der Waals surface area contributed by atoms with Crippen molar-refractivity contribution < 1.29 is 0 Å². The fourth-order valence-corrected chi connectivity index (χ4v) is 2.50. The average molecular weight is 250 g/mol. The topological polar surface area (TPSA) is 42.7 Å². The molecule has 2 aromatic rings. The van der Waals surface area contributed by atoms with Crippen molar-refractivity contribution in [3.63, 3.8) is 0 Å². The van der Waals surface area contributed by atoms with Crippen LogP contribution in [-0.2, 0) is 13.1 Å². The molecule has 0 aromatic carbocycles. The van der Waals surface area contributed by atoms with Gasteiger partial charge in [-0.1, -0.05) is 6.92 Å². The zero-order valence-electron chi connectivity index (χ0n) is 10.5. The number of hydrogen-bond donors (Lipinski definition) is 1. The highest BCUT2D eigenvalue weighted by Crippen LogP contribution is 2.13. The number of rotatable bonds is 5. The molecule has 0 atom stereocenters. The Morgan fingerprint density at radius 3 is 2.88 bits per heavy atom. The van der Waals surface area contributed by atoms with Crippen LogP contribution in [0.25, 0.3) is 0 Å². The highest BCUT2D eigenvalue weighted by atomic mass is 32.1. The lowest BCUT2D eigenvalue weighted by atomic mass is 10.4. The van der Waals surface area contributed by atoms with Gasteiger partial charge in [-0.15, -0.1) is 11.3 Å². The van der Waals surface area contributed by atoms with Crippen molar-refractivity contribution in [1.82, 2.24) is 19.9 Å². The predicted octanol–water partition coefficient (Wildman–Crippen LogP) is 2.11. The van der Waals surface area contributed by atoms with E-state index in [-0.39, 0.29) is 0 Å². The van der Waals surface area contributed by atoms with Gasteiger partial charge in [0.15, 0.2) is 0 Å². The quantitative estimate of drug-likeness (QED) is 0.884. The summed E-state index contributed by atoms with van der Waals surface area (Å²) in [5.74, 6) is 1.05. The number of imidazole rings is 1. The molecule has 0 bridgehead atoms. The lowest BCUT2D eigenvalue weighted by Crippen LogP contribution is -2.16. The van der Waals surface area contributed by atoms with Gasteiger partial charge < -0.3 is 9.88 Å². The molecule has 0 aliphatic carbocycles. The lowest BCUT2D eigenvalue weighted by Gasteiger charge is -2.08. The maximum atomic E-state index is 4.50. The summed E-state index contributed by atoms with van der Waals surface area (Å²) in [4.78, 5) is 8.87. The van der Waals surface area contributed by atoms with Crippen molar-refractivity contribution in [2.45, 2.75) is 33.9 Å². The number of thiazole rings is 1. The molecular formula is C12H18N4S. The van der Waals surface area contributed by atoms with E-state index in [9.17, 15) is 0 Å². The summed E-state index contributed by atoms with van der Waals surface area (Å²) >= 11 is 1.71. The van der Waals surface area contributed by atoms with Crippen molar-refractivity contribution in [2.75, 3.05) is 6.54 Å². The van der Waals surface area contributed by atoms with Gasteiger partial charge in [0.05, 0.1) is 12.2 Å². The van der Waals surface area contributed by atoms with Crippen LogP contribution in [0, 0.1) is 13.8 Å². The van der Waals surface area contributed by atoms with Crippen molar-refractivity contribution >= 4 is 11.3 Å². The maximum absolute atomic E-state index is 4.50. The summed E-state index contributed by atoms with van der Waals surface area (Å²) in [6, 6.07) is 0. The van der Waals surface area contributed by atoms with E-state index in [0.29, 0.717) is 0 Å². The van der Waals surface area contributed by atoms with Gasteiger partial charge in [0.1, 0.15) is 10.8 Å². The van der Waals surface area contributed by atoms with Crippen LogP contribution in [-0.4, -0.2) is 21.1 Å². The van der Waals surface area contributed by atoms with E-state index in [1.54, 1.807) is 11.3 Å². The van der Waals surface area contributed by atoms with Crippen LogP contribution in [0.15, 0.2) is 11.6 Å². The van der Waals surface area contributed by atoms with Crippen LogP contribution in [0.5, 0.6) is 0 Å². The third-order valence-corrected chi connectivity index (χ3v) is 3.61. The summed E-state index contributed by atoms with van der Waals surface area (Å²) in [6.07, 6.45) is 1.94. The van der Waals surface area contributed by atoms with Gasteiger partial charge in [-0.25, -0.2) is 9.97 Å². The number of aryl methyl sites for hydroxylation is 2. The number of hydrogen-bond acceptors (Lipinski definition) is 4. The minimum absolute atomic E-state index is 0.824. The summed E-state index contributed by atoms with van der Waals surface area (Å²) in [6.45, 7) is 8.83. The first-order valence-electron chi connectivity index (χ1n) is 5.83. The summed E-state index contributed by atoms with van der Waals surface area (Å²) in [7, 11) is 0. The molecule has 0 saturated heterocycles. The molecule has 92 valence electrons. The Morgan fingerprint density at radius 2 is 2.24 bits per heavy atom. The monoisotopic (exact) mass is 250 g/mol. The van der Waals surface area contributed by atoms with Gasteiger partial charge in [0, 0.05) is 23.8 Å². The smallest absolute Gasteiger partial charge is 0.113 e. The van der Waals surface area contributed by atoms with Crippen LogP contribution in [0.2, 0.25) is 0 Å². The van der Waals surface area contributed by atoms with Gasteiger partial charge in [-0.05, 0) is 20.4 Å². The van der Waals surface area contributed by atoms with E-state index in [0.717, 1.165) is 36.2 Å². The van der Waals surface area contributed by atoms with E-state index in [4.69, 9.17) is 0 Å². The third kappa shape index (κ3) is 2.92. The molecule has 5 heteroatoms. The predicted molar refractivity (Wildman–Crippen MR) is 70.3 cm³/mol. The largest absolute Gasteiger partial charge is 0.324 e. The lowest BCUT2D eigenvalue weighted by molar-refractivity contribution is 0.645. The normalized spacial score (nSPS) is 11.0. The van der Waals surface area contributed by atoms with Crippen LogP contribution in [0.3, 0.4) is 0 Å². The number of nitrogens with zero attached hydrogens (tertiary/aromatic N) is 3. The van der Waals surface area contributed by atoms with Crippen molar-refractivity contribution in [3.05, 3.63) is 33.8 Å². The molecule has 0 fully saturated rings. The van der Waals surface area contributed by atoms with Crippen LogP contribution in [0.1, 0.15) is 29.1 Å². The first kappa shape index (κ1) is 12.3. The Balaban J connectivity index is 2.16. The Hall–Kier alpha value is -1.20. The van der Waals surface area contributed by atoms with Gasteiger partial charge in [0.25, 0.3) is 0 Å². The Kier molecular flexibility index (Phi) is 3.91. The molecule has 0 amide bonds. The Bertz CT molecular complexity index is 486. The first-order valence-corrected chi connectivity index (χ1v) is 6.71. The fraction of sp³-hybridized carbons (Fsp3) is 0.500. The molecule has 0 saturated carbocycles. The third-order valence-electron chi connectivity index (χ3n) is 2.65. The van der Waals surface area contributed by atoms with E-state index in [2.05, 4.69) is 32.2 Å². The second kappa shape index (κ2) is 5.42. The average Bonchev–Trinajstić information content (AvgIpc) is 2.86. The molecule has 0 radical (unpaired) electrons. The molecule has 17 heavy (non-hydrogen) atoms. The van der Waals surface area contributed by atoms with Crippen molar-refractivity contribution in [2.24, 2.45) is 0 Å². The standard InChI is InChI=1S/C12H18N4S/c1-4-13-5-11-6-14-10(3)16(11)7-12-15-9(2)8-17-12/h6,8,13H,4-5,7H2,1-3H3. The zero-order chi connectivity index (χ0) is 12.3. The number of nitrogens with one attached hydrogen (secondary N) is 1. The van der Waals surface area contributed by atoms with E-state index in [1.165, 1.54) is 5.69 Å². The molecule has 4 nitrogen and oxygen atoms in total. The fourth-order valence-electron chi connectivity index (χ4n) is 1.74. The van der Waals surface area contributed by atoms with Gasteiger partial charge in [-0.2, -0.15) is 0 Å². The highest BCUT2D eigenvalue weighted by molar-refractivity contribution is 7.09. The maximum Gasteiger partial charge on any atom is 0.113 e. The molecule has 0 aliphatic rings. The molecule has 2 aromatic heterocycles. The van der Waals surface area contributed by atoms with Crippen molar-refractivity contribution in [1.29, 1.82) is 0 Å². The van der Waals surface area contributed by atoms with E-state index >= 15 is 0 Å². The van der Waals surface area contributed by atoms with Gasteiger partial charge in [-0.3, -0.25) is 0 Å². The van der Waals surface area contributed by atoms with Crippen LogP contribution in [0.4, 0.5) is 0 Å². The molecule has 1 N–H and O–H groups in total. The highest BCUT2D eigenvalue weighted by Gasteiger charge is 2.08. The molecule has 0 spiro atoms. The van der Waals surface area contributed by atoms with E-state index < -0.39 is 0 Å². The van der Waals surface area contributed by atoms with Crippen LogP contribution < -0.4 is 5.32 Å². The Labute approximate surface area is 106 Å². The molecule has 0 aliphatic heterocycles. The minimum Gasteiger partial charge on any atom is -0.324 e. The number of aromatic nitrogens is 3. The second-order valence-electron chi connectivity index (χ2n) is 4.05. The van der Waals surface area contributed by atoms with Crippen molar-refractivity contribution in [3.8, 4) is 0 Å². The second-order valence-corrected chi connectivity index (χ2v) is 4.99. The minimum atomic E-state index is 0.824. The first-order chi connectivity index (χ1) is 8.20. The summed E-state index contributed by atoms with van der Waals surface area (Å²) < 4.78 is 2.22. The Morgan fingerprint density at radius 1 is 1.41 bits per heavy atom. The zero-order valence-corrected chi connectivity index (χ0v) is 11.3. The van der Waals surface area contributed by atoms with Gasteiger partial charge in [0.2, 0.25) is 0 Å². The molecule has 2 heterocycles. The van der Waals surface area contributed by atoms with Crippen LogP contribution >= 0.6 is 11.3 Å². The SMILES string of the molecule is CCNCc1cnc(C)n1Cc1nc(C)cs1. The molecule has 2 rings (SSSR count). The summed E-state index contributed by atoms with van der Waals surface area (Å²) in [5.41, 5.74) is 2.31.